The van der Waals surface area contributed by atoms with E-state index in [9.17, 15) is 4.79 Å². The van der Waals surface area contributed by atoms with Crippen LogP contribution in [-0.2, 0) is 4.79 Å². The van der Waals surface area contributed by atoms with Crippen LogP contribution in [-0.4, -0.2) is 16.1 Å². The number of hydrogen-bond acceptors (Lipinski definition) is 4. The fourth-order valence-electron chi connectivity index (χ4n) is 1.75. The van der Waals surface area contributed by atoms with Crippen LogP contribution in [0, 0.1) is 5.92 Å². The number of carbonyl (C=O) groups excluding carboxylic acids is 1. The number of rotatable bonds is 5. The van der Waals surface area contributed by atoms with Crippen molar-refractivity contribution in [3.8, 4) is 0 Å². The second-order valence-electron chi connectivity index (χ2n) is 4.20. The van der Waals surface area contributed by atoms with Gasteiger partial charge >= 0.3 is 0 Å². The fraction of sp³-hybridized carbons (Fsp3) is 0.385. The maximum Gasteiger partial charge on any atom is 0.221 e. The minimum atomic E-state index is -0.240. The van der Waals surface area contributed by atoms with Gasteiger partial charge in [0.2, 0.25) is 5.91 Å². The number of benzene rings is 1. The Kier molecular flexibility index (Phi) is 4.24. The van der Waals surface area contributed by atoms with Crippen molar-refractivity contribution in [2.75, 3.05) is 0 Å². The van der Waals surface area contributed by atoms with E-state index in [1.54, 1.807) is 23.1 Å². The quantitative estimate of drug-likeness (QED) is 0.855. The molecule has 0 bridgehead atoms. The van der Waals surface area contributed by atoms with Gasteiger partial charge in [0.05, 0.1) is 10.2 Å². The van der Waals surface area contributed by atoms with E-state index in [2.05, 4.69) is 18.0 Å². The van der Waals surface area contributed by atoms with Gasteiger partial charge in [0.15, 0.2) is 4.34 Å². The number of primary amides is 1. The van der Waals surface area contributed by atoms with Crippen LogP contribution in [0.25, 0.3) is 10.2 Å². The smallest absolute Gasteiger partial charge is 0.221 e. The van der Waals surface area contributed by atoms with E-state index >= 15 is 0 Å². The third kappa shape index (κ3) is 2.84. The molecule has 1 heterocycles. The number of nitrogens with two attached hydrogens (primary N) is 1. The monoisotopic (exact) mass is 280 g/mol. The lowest BCUT2D eigenvalue weighted by molar-refractivity contribution is -0.121. The molecular formula is C13H16N2OS2. The molecule has 0 saturated carbocycles. The largest absolute Gasteiger partial charge is 0.369 e. The average Bonchev–Trinajstić information content (AvgIpc) is 2.77. The molecule has 2 N–H and O–H groups in total. The molecule has 1 aromatic heterocycles. The van der Waals surface area contributed by atoms with Gasteiger partial charge in [0.1, 0.15) is 0 Å². The lowest BCUT2D eigenvalue weighted by Gasteiger charge is -2.17. The standard InChI is InChI=1S/C13H16N2OS2/c1-3-10(8(2)12(14)16)17-13-15-9-6-4-5-7-11(9)18-13/h4-8,10H,3H2,1-2H3,(H2,14,16). The molecule has 1 aromatic carbocycles. The Bertz CT molecular complexity index is 520. The van der Waals surface area contributed by atoms with Gasteiger partial charge in [-0.1, -0.05) is 37.7 Å². The van der Waals surface area contributed by atoms with E-state index in [0.29, 0.717) is 0 Å². The Balaban J connectivity index is 2.18. The van der Waals surface area contributed by atoms with E-state index in [0.717, 1.165) is 16.3 Å². The first-order chi connectivity index (χ1) is 8.61. The molecule has 5 heteroatoms. The zero-order chi connectivity index (χ0) is 13.1. The average molecular weight is 280 g/mol. The van der Waals surface area contributed by atoms with Crippen LogP contribution in [0.2, 0.25) is 0 Å². The van der Waals surface area contributed by atoms with Crippen LogP contribution in [0.3, 0.4) is 0 Å². The van der Waals surface area contributed by atoms with E-state index in [-0.39, 0.29) is 17.1 Å². The molecule has 0 radical (unpaired) electrons. The number of para-hydroxylation sites is 1. The van der Waals surface area contributed by atoms with E-state index in [1.807, 2.05) is 25.1 Å². The maximum absolute atomic E-state index is 11.3. The Morgan fingerprint density at radius 1 is 1.50 bits per heavy atom. The lowest BCUT2D eigenvalue weighted by atomic mass is 10.1. The topological polar surface area (TPSA) is 56.0 Å². The van der Waals surface area contributed by atoms with Crippen molar-refractivity contribution in [2.45, 2.75) is 29.9 Å². The molecule has 2 rings (SSSR count). The van der Waals surface area contributed by atoms with E-state index in [1.165, 1.54) is 4.70 Å². The summed E-state index contributed by atoms with van der Waals surface area (Å²) in [6.45, 7) is 3.96. The van der Waals surface area contributed by atoms with Crippen LogP contribution in [0.15, 0.2) is 28.6 Å². The van der Waals surface area contributed by atoms with Crippen LogP contribution in [0.1, 0.15) is 20.3 Å². The molecule has 1 amide bonds. The number of fused-ring (bicyclic) bond motifs is 1. The normalized spacial score (nSPS) is 14.6. The summed E-state index contributed by atoms with van der Waals surface area (Å²) in [6.07, 6.45) is 0.907. The molecular weight excluding hydrogens is 264 g/mol. The zero-order valence-corrected chi connectivity index (χ0v) is 12.1. The highest BCUT2D eigenvalue weighted by Crippen LogP contribution is 2.35. The maximum atomic E-state index is 11.3. The summed E-state index contributed by atoms with van der Waals surface area (Å²) >= 11 is 3.33. The lowest BCUT2D eigenvalue weighted by Crippen LogP contribution is -2.28. The van der Waals surface area contributed by atoms with Crippen molar-refractivity contribution in [3.05, 3.63) is 24.3 Å². The molecule has 0 aliphatic heterocycles. The summed E-state index contributed by atoms with van der Waals surface area (Å²) < 4.78 is 2.19. The van der Waals surface area contributed by atoms with E-state index < -0.39 is 0 Å². The fourth-order valence-corrected chi connectivity index (χ4v) is 4.20. The van der Waals surface area contributed by atoms with Crippen molar-refractivity contribution in [2.24, 2.45) is 11.7 Å². The summed E-state index contributed by atoms with van der Waals surface area (Å²) in [5.41, 5.74) is 6.39. The number of carbonyl (C=O) groups is 1. The number of aromatic nitrogens is 1. The van der Waals surface area contributed by atoms with Crippen molar-refractivity contribution >= 4 is 39.2 Å². The summed E-state index contributed by atoms with van der Waals surface area (Å²) in [4.78, 5) is 15.8. The molecule has 2 aromatic rings. The SMILES string of the molecule is CCC(Sc1nc2ccccc2s1)C(C)C(N)=O. The number of thiazole rings is 1. The van der Waals surface area contributed by atoms with Crippen LogP contribution >= 0.6 is 23.1 Å². The van der Waals surface area contributed by atoms with Crippen LogP contribution in [0.4, 0.5) is 0 Å². The number of hydrogen-bond donors (Lipinski definition) is 1. The molecule has 2 unspecified atom stereocenters. The summed E-state index contributed by atoms with van der Waals surface area (Å²) in [7, 11) is 0. The van der Waals surface area contributed by atoms with Gasteiger partial charge < -0.3 is 5.73 Å². The van der Waals surface area contributed by atoms with Crippen LogP contribution in [0.5, 0.6) is 0 Å². The Morgan fingerprint density at radius 3 is 2.83 bits per heavy atom. The number of nitrogens with zero attached hydrogens (tertiary/aromatic N) is 1. The predicted molar refractivity (Wildman–Crippen MR) is 77.9 cm³/mol. The van der Waals surface area contributed by atoms with E-state index in [4.69, 9.17) is 5.73 Å². The molecule has 18 heavy (non-hydrogen) atoms. The van der Waals surface area contributed by atoms with Gasteiger partial charge in [-0.15, -0.1) is 11.3 Å². The highest BCUT2D eigenvalue weighted by atomic mass is 32.2. The van der Waals surface area contributed by atoms with Gasteiger partial charge in [-0.2, -0.15) is 0 Å². The third-order valence-corrected chi connectivity index (χ3v) is 5.64. The number of thioether (sulfide) groups is 1. The predicted octanol–water partition coefficient (Wildman–Crippen LogP) is 3.29. The highest BCUT2D eigenvalue weighted by Gasteiger charge is 2.22. The summed E-state index contributed by atoms with van der Waals surface area (Å²) in [5.74, 6) is -0.373. The first kappa shape index (κ1) is 13.4. The Labute approximate surface area is 115 Å². The van der Waals surface area contributed by atoms with Gasteiger partial charge in [-0.25, -0.2) is 4.98 Å². The molecule has 0 saturated heterocycles. The van der Waals surface area contributed by atoms with Crippen molar-refractivity contribution in [1.82, 2.24) is 4.98 Å². The van der Waals surface area contributed by atoms with Crippen molar-refractivity contribution in [3.63, 3.8) is 0 Å². The van der Waals surface area contributed by atoms with Gasteiger partial charge in [0.25, 0.3) is 0 Å². The summed E-state index contributed by atoms with van der Waals surface area (Å²) in [6, 6.07) is 8.07. The highest BCUT2D eigenvalue weighted by molar-refractivity contribution is 8.01. The Morgan fingerprint density at radius 2 is 2.22 bits per heavy atom. The molecule has 0 fully saturated rings. The van der Waals surface area contributed by atoms with Crippen molar-refractivity contribution < 1.29 is 4.79 Å². The number of amides is 1. The van der Waals surface area contributed by atoms with Gasteiger partial charge in [-0.05, 0) is 18.6 Å². The van der Waals surface area contributed by atoms with Gasteiger partial charge in [0, 0.05) is 11.2 Å². The van der Waals surface area contributed by atoms with Gasteiger partial charge in [-0.3, -0.25) is 4.79 Å². The molecule has 0 spiro atoms. The minimum absolute atomic E-state index is 0.132. The zero-order valence-electron chi connectivity index (χ0n) is 10.4. The first-order valence-electron chi connectivity index (χ1n) is 5.93. The Hall–Kier alpha value is -1.07. The second-order valence-corrected chi connectivity index (χ2v) is 6.72. The molecule has 2 atom stereocenters. The second kappa shape index (κ2) is 5.71. The third-order valence-electron chi connectivity index (χ3n) is 2.94. The molecule has 3 nitrogen and oxygen atoms in total. The molecule has 0 aliphatic carbocycles. The molecule has 96 valence electrons. The summed E-state index contributed by atoms with van der Waals surface area (Å²) in [5, 5.41) is 0.197. The minimum Gasteiger partial charge on any atom is -0.369 e. The first-order valence-corrected chi connectivity index (χ1v) is 7.63. The van der Waals surface area contributed by atoms with Crippen LogP contribution < -0.4 is 5.73 Å². The molecule has 0 aliphatic rings. The van der Waals surface area contributed by atoms with Crippen molar-refractivity contribution in [1.29, 1.82) is 0 Å².